The van der Waals surface area contributed by atoms with Gasteiger partial charge >= 0.3 is 6.03 Å². The van der Waals surface area contributed by atoms with Crippen LogP contribution in [0.4, 0.5) is 4.79 Å². The Morgan fingerprint density at radius 1 is 1.08 bits per heavy atom. The normalized spacial score (nSPS) is 13.1. The average Bonchev–Trinajstić information content (AvgIpc) is 2.56. The summed E-state index contributed by atoms with van der Waals surface area (Å²) in [4.78, 5) is 12.0. The van der Waals surface area contributed by atoms with Gasteiger partial charge in [0.05, 0.1) is 6.04 Å². The summed E-state index contributed by atoms with van der Waals surface area (Å²) >= 11 is 0. The second kappa shape index (κ2) is 9.23. The molecule has 0 heterocycles. The van der Waals surface area contributed by atoms with Crippen LogP contribution in [-0.4, -0.2) is 22.5 Å². The first kappa shape index (κ1) is 18.2. The van der Waals surface area contributed by atoms with Gasteiger partial charge in [0.1, 0.15) is 0 Å². The fourth-order valence-electron chi connectivity index (χ4n) is 2.51. The van der Waals surface area contributed by atoms with E-state index >= 15 is 0 Å². The highest BCUT2D eigenvalue weighted by Gasteiger charge is 2.11. The lowest BCUT2D eigenvalue weighted by Crippen LogP contribution is -2.39. The number of hydrogen-bond donors (Lipinski definition) is 2. The molecule has 128 valence electrons. The van der Waals surface area contributed by atoms with Gasteiger partial charge in [-0.3, -0.25) is 4.21 Å². The molecule has 2 amide bonds. The van der Waals surface area contributed by atoms with Crippen molar-refractivity contribution in [1.82, 2.24) is 10.6 Å². The van der Waals surface area contributed by atoms with Crippen molar-refractivity contribution in [1.29, 1.82) is 0 Å². The van der Waals surface area contributed by atoms with E-state index in [-0.39, 0.29) is 12.1 Å². The van der Waals surface area contributed by atoms with Crippen LogP contribution in [0.1, 0.15) is 29.7 Å². The Hall–Kier alpha value is -2.14. The number of carbonyl (C=O) groups is 1. The minimum absolute atomic E-state index is 0.0685. The van der Waals surface area contributed by atoms with Gasteiger partial charge in [-0.15, -0.1) is 0 Å². The first-order valence-electron chi connectivity index (χ1n) is 8.05. The van der Waals surface area contributed by atoms with E-state index < -0.39 is 10.8 Å². The molecule has 0 unspecified atom stereocenters. The summed E-state index contributed by atoms with van der Waals surface area (Å²) in [6, 6.07) is 17.4. The van der Waals surface area contributed by atoms with Gasteiger partial charge in [-0.05, 0) is 30.5 Å². The van der Waals surface area contributed by atoms with Crippen LogP contribution in [0.5, 0.6) is 0 Å². The molecule has 4 nitrogen and oxygen atoms in total. The third kappa shape index (κ3) is 5.81. The zero-order valence-corrected chi connectivity index (χ0v) is 14.9. The predicted molar refractivity (Wildman–Crippen MR) is 99.3 cm³/mol. The van der Waals surface area contributed by atoms with Crippen molar-refractivity contribution >= 4 is 16.8 Å². The maximum Gasteiger partial charge on any atom is 0.315 e. The zero-order chi connectivity index (χ0) is 17.4. The van der Waals surface area contributed by atoms with Crippen molar-refractivity contribution in [3.05, 3.63) is 71.3 Å². The Kier molecular flexibility index (Phi) is 7.00. The predicted octanol–water partition coefficient (Wildman–Crippen LogP) is 3.30. The van der Waals surface area contributed by atoms with Crippen LogP contribution in [0.2, 0.25) is 0 Å². The van der Waals surface area contributed by atoms with Crippen molar-refractivity contribution in [3.8, 4) is 0 Å². The molecule has 0 fully saturated rings. The zero-order valence-electron chi connectivity index (χ0n) is 14.1. The van der Waals surface area contributed by atoms with Gasteiger partial charge in [0.25, 0.3) is 0 Å². The topological polar surface area (TPSA) is 58.2 Å². The number of urea groups is 1. The lowest BCUT2D eigenvalue weighted by molar-refractivity contribution is 0.238. The minimum Gasteiger partial charge on any atom is -0.337 e. The Bertz CT molecular complexity index is 689. The molecule has 2 N–H and O–H groups in total. The number of amides is 2. The summed E-state index contributed by atoms with van der Waals surface area (Å²) in [5, 5.41) is 5.69. The van der Waals surface area contributed by atoms with E-state index in [1.807, 2.05) is 68.4 Å². The van der Waals surface area contributed by atoms with Crippen LogP contribution in [0.3, 0.4) is 0 Å². The first-order valence-corrected chi connectivity index (χ1v) is 9.54. The molecule has 2 aromatic carbocycles. The molecule has 0 spiro atoms. The highest BCUT2D eigenvalue weighted by atomic mass is 32.2. The maximum absolute atomic E-state index is 12.0. The Morgan fingerprint density at radius 3 is 2.46 bits per heavy atom. The van der Waals surface area contributed by atoms with Gasteiger partial charge in [0, 0.05) is 28.9 Å². The molecule has 0 aliphatic rings. The summed E-state index contributed by atoms with van der Waals surface area (Å²) in [6.07, 6.45) is 0. The lowest BCUT2D eigenvalue weighted by atomic mass is 10.0. The summed E-state index contributed by atoms with van der Waals surface area (Å²) in [5.41, 5.74) is 3.29. The fraction of sp³-hybridized carbons (Fsp3) is 0.316. The number of carbonyl (C=O) groups excluding carboxylic acids is 1. The van der Waals surface area contributed by atoms with E-state index in [0.29, 0.717) is 18.1 Å². The molecule has 0 aliphatic carbocycles. The van der Waals surface area contributed by atoms with E-state index in [9.17, 15) is 9.00 Å². The Labute approximate surface area is 146 Å². The van der Waals surface area contributed by atoms with Crippen LogP contribution in [0.25, 0.3) is 0 Å². The monoisotopic (exact) mass is 344 g/mol. The summed E-state index contributed by atoms with van der Waals surface area (Å²) < 4.78 is 12.0. The second-order valence-electron chi connectivity index (χ2n) is 5.75. The van der Waals surface area contributed by atoms with Crippen LogP contribution >= 0.6 is 0 Å². The number of nitrogens with one attached hydrogen (secondary N) is 2. The van der Waals surface area contributed by atoms with Crippen molar-refractivity contribution < 1.29 is 9.00 Å². The van der Waals surface area contributed by atoms with Gasteiger partial charge in [0.15, 0.2) is 0 Å². The molecular weight excluding hydrogens is 320 g/mol. The smallest absolute Gasteiger partial charge is 0.315 e. The molecule has 0 radical (unpaired) electrons. The van der Waals surface area contributed by atoms with Crippen molar-refractivity contribution in [2.45, 2.75) is 25.6 Å². The molecule has 0 aliphatic heterocycles. The van der Waals surface area contributed by atoms with Gasteiger partial charge in [-0.25, -0.2) is 4.79 Å². The van der Waals surface area contributed by atoms with Crippen molar-refractivity contribution in [2.24, 2.45) is 0 Å². The van der Waals surface area contributed by atoms with Crippen LogP contribution in [-0.2, 0) is 16.6 Å². The van der Waals surface area contributed by atoms with Crippen LogP contribution in [0.15, 0.2) is 54.6 Å². The maximum atomic E-state index is 12.0. The molecular formula is C19H24N2O2S. The molecule has 2 atom stereocenters. The minimum atomic E-state index is -0.982. The fourth-order valence-corrected chi connectivity index (χ4v) is 3.55. The second-order valence-corrected chi connectivity index (χ2v) is 7.33. The third-order valence-electron chi connectivity index (χ3n) is 3.79. The number of aryl methyl sites for hydroxylation is 1. The van der Waals surface area contributed by atoms with E-state index in [2.05, 4.69) is 10.6 Å². The van der Waals surface area contributed by atoms with E-state index in [4.69, 9.17) is 0 Å². The van der Waals surface area contributed by atoms with E-state index in [0.717, 1.165) is 16.7 Å². The SMILES string of the molecule is Cc1ccccc1[C@H](C)NC(=O)NCC[S@](=O)Cc1ccccc1. The summed E-state index contributed by atoms with van der Waals surface area (Å²) in [5.74, 6) is 0.963. The quantitative estimate of drug-likeness (QED) is 0.810. The molecule has 2 rings (SSSR count). The van der Waals surface area contributed by atoms with Crippen molar-refractivity contribution in [2.75, 3.05) is 12.3 Å². The van der Waals surface area contributed by atoms with E-state index in [1.54, 1.807) is 0 Å². The Morgan fingerprint density at radius 2 is 1.75 bits per heavy atom. The molecule has 5 heteroatoms. The average molecular weight is 344 g/mol. The molecule has 24 heavy (non-hydrogen) atoms. The van der Waals surface area contributed by atoms with Gasteiger partial charge < -0.3 is 10.6 Å². The largest absolute Gasteiger partial charge is 0.337 e. The molecule has 0 aromatic heterocycles. The first-order chi connectivity index (χ1) is 11.6. The Balaban J connectivity index is 1.71. The number of rotatable bonds is 7. The number of benzene rings is 2. The molecule has 0 saturated heterocycles. The third-order valence-corrected chi connectivity index (χ3v) is 5.10. The van der Waals surface area contributed by atoms with Gasteiger partial charge in [0.2, 0.25) is 0 Å². The highest BCUT2D eigenvalue weighted by Crippen LogP contribution is 2.16. The highest BCUT2D eigenvalue weighted by molar-refractivity contribution is 7.84. The van der Waals surface area contributed by atoms with E-state index in [1.165, 1.54) is 0 Å². The van der Waals surface area contributed by atoms with Crippen LogP contribution in [0, 0.1) is 6.92 Å². The van der Waals surface area contributed by atoms with Gasteiger partial charge in [-0.2, -0.15) is 0 Å². The summed E-state index contributed by atoms with van der Waals surface area (Å²) in [6.45, 7) is 4.37. The van der Waals surface area contributed by atoms with Crippen molar-refractivity contribution in [3.63, 3.8) is 0 Å². The standard InChI is InChI=1S/C19H24N2O2S/c1-15-8-6-7-11-18(15)16(2)21-19(22)20-12-13-24(23)14-17-9-4-3-5-10-17/h3-11,16H,12-14H2,1-2H3,(H2,20,21,22)/t16-,24-/m0/s1. The lowest BCUT2D eigenvalue weighted by Gasteiger charge is -2.17. The molecule has 2 aromatic rings. The molecule has 0 bridgehead atoms. The molecule has 0 saturated carbocycles. The summed E-state index contributed by atoms with van der Waals surface area (Å²) in [7, 11) is -0.982. The van der Waals surface area contributed by atoms with Gasteiger partial charge in [-0.1, -0.05) is 54.6 Å². The van der Waals surface area contributed by atoms with Crippen LogP contribution < -0.4 is 10.6 Å². The number of hydrogen-bond acceptors (Lipinski definition) is 2.